The molecule has 0 saturated carbocycles. The van der Waals surface area contributed by atoms with Gasteiger partial charge in [-0.2, -0.15) is 0 Å². The van der Waals surface area contributed by atoms with E-state index < -0.39 is 0 Å². The quantitative estimate of drug-likeness (QED) is 0.848. The molecule has 21 heavy (non-hydrogen) atoms. The molecule has 112 valence electrons. The zero-order chi connectivity index (χ0) is 14.7. The smallest absolute Gasteiger partial charge is 0.226 e. The minimum Gasteiger partial charge on any atom is -0.444 e. The van der Waals surface area contributed by atoms with Gasteiger partial charge in [0.25, 0.3) is 0 Å². The maximum Gasteiger partial charge on any atom is 0.226 e. The number of benzene rings is 1. The van der Waals surface area contributed by atoms with Crippen molar-refractivity contribution in [2.75, 3.05) is 20.2 Å². The molecule has 2 aromatic rings. The second-order valence-corrected chi connectivity index (χ2v) is 5.49. The fourth-order valence-corrected chi connectivity index (χ4v) is 2.61. The zero-order valence-corrected chi connectivity index (χ0v) is 12.1. The molecule has 0 bridgehead atoms. The number of aromatic nitrogens is 1. The Balaban J connectivity index is 1.62. The van der Waals surface area contributed by atoms with Crippen LogP contribution in [0.4, 0.5) is 4.39 Å². The van der Waals surface area contributed by atoms with Crippen LogP contribution in [0.25, 0.3) is 11.5 Å². The molecule has 5 heteroatoms. The van der Waals surface area contributed by atoms with Crippen molar-refractivity contribution in [2.24, 2.45) is 0 Å². The van der Waals surface area contributed by atoms with Gasteiger partial charge in [-0.15, -0.1) is 0 Å². The zero-order valence-electron chi connectivity index (χ0n) is 12.1. The summed E-state index contributed by atoms with van der Waals surface area (Å²) in [5.41, 5.74) is 1.50. The highest BCUT2D eigenvalue weighted by molar-refractivity contribution is 5.52. The van der Waals surface area contributed by atoms with Crippen molar-refractivity contribution in [3.8, 4) is 11.5 Å². The molecule has 0 radical (unpaired) electrons. The molecule has 4 nitrogen and oxygen atoms in total. The lowest BCUT2D eigenvalue weighted by Crippen LogP contribution is -2.28. The van der Waals surface area contributed by atoms with Gasteiger partial charge in [0.2, 0.25) is 5.89 Å². The van der Waals surface area contributed by atoms with Crippen molar-refractivity contribution in [1.29, 1.82) is 0 Å². The number of hydrogen-bond acceptors (Lipinski definition) is 4. The SMILES string of the molecule is CN(Cc1coc(-c2cccc(F)c2)n1)C[C@@H]1CCCO1. The molecule has 1 aromatic carbocycles. The van der Waals surface area contributed by atoms with Crippen molar-refractivity contribution in [1.82, 2.24) is 9.88 Å². The molecular formula is C16H19FN2O2. The van der Waals surface area contributed by atoms with Gasteiger partial charge in [0.1, 0.15) is 12.1 Å². The third-order valence-electron chi connectivity index (χ3n) is 3.59. The second kappa shape index (κ2) is 6.37. The largest absolute Gasteiger partial charge is 0.444 e. The Kier molecular flexibility index (Phi) is 4.31. The standard InChI is InChI=1S/C16H19FN2O2/c1-19(10-15-6-3-7-20-15)9-14-11-21-16(18-14)12-4-2-5-13(17)8-12/h2,4-5,8,11,15H,3,6-7,9-10H2,1H3/t15-/m0/s1. The molecule has 3 rings (SSSR count). The molecule has 0 amide bonds. The number of nitrogens with zero attached hydrogens (tertiary/aromatic N) is 2. The van der Waals surface area contributed by atoms with Crippen LogP contribution in [0.5, 0.6) is 0 Å². The first-order valence-corrected chi connectivity index (χ1v) is 7.21. The van der Waals surface area contributed by atoms with E-state index in [0.29, 0.717) is 24.1 Å². The fraction of sp³-hybridized carbons (Fsp3) is 0.438. The summed E-state index contributed by atoms with van der Waals surface area (Å²) < 4.78 is 24.3. The van der Waals surface area contributed by atoms with Crippen LogP contribution >= 0.6 is 0 Å². The van der Waals surface area contributed by atoms with E-state index in [2.05, 4.69) is 9.88 Å². The Morgan fingerprint density at radius 2 is 2.33 bits per heavy atom. The first-order valence-electron chi connectivity index (χ1n) is 7.21. The van der Waals surface area contributed by atoms with Crippen molar-refractivity contribution >= 4 is 0 Å². The van der Waals surface area contributed by atoms with Crippen molar-refractivity contribution in [3.63, 3.8) is 0 Å². The van der Waals surface area contributed by atoms with Gasteiger partial charge in [0.15, 0.2) is 0 Å². The summed E-state index contributed by atoms with van der Waals surface area (Å²) in [4.78, 5) is 6.59. The average Bonchev–Trinajstić information content (AvgIpc) is 3.10. The first-order chi connectivity index (χ1) is 10.2. The van der Waals surface area contributed by atoms with Crippen molar-refractivity contribution in [3.05, 3.63) is 42.0 Å². The minimum atomic E-state index is -0.289. The van der Waals surface area contributed by atoms with Crippen LogP contribution in [0, 0.1) is 5.82 Å². The van der Waals surface area contributed by atoms with Crippen LogP contribution in [0.1, 0.15) is 18.5 Å². The number of rotatable bonds is 5. The third kappa shape index (κ3) is 3.68. The van der Waals surface area contributed by atoms with Crippen LogP contribution in [0.15, 0.2) is 34.9 Å². The monoisotopic (exact) mass is 290 g/mol. The normalized spacial score (nSPS) is 18.5. The molecule has 1 fully saturated rings. The van der Waals surface area contributed by atoms with Crippen molar-refractivity contribution < 1.29 is 13.5 Å². The van der Waals surface area contributed by atoms with Crippen LogP contribution in [-0.2, 0) is 11.3 Å². The summed E-state index contributed by atoms with van der Waals surface area (Å²) in [5, 5.41) is 0. The van der Waals surface area contributed by atoms with E-state index in [1.54, 1.807) is 18.4 Å². The second-order valence-electron chi connectivity index (χ2n) is 5.49. The summed E-state index contributed by atoms with van der Waals surface area (Å²) in [5.74, 6) is 0.165. The molecule has 1 atom stereocenters. The molecule has 0 aliphatic carbocycles. The molecule has 2 heterocycles. The highest BCUT2D eigenvalue weighted by atomic mass is 19.1. The summed E-state index contributed by atoms with van der Waals surface area (Å²) in [6.07, 6.45) is 4.22. The van der Waals surface area contributed by atoms with E-state index in [9.17, 15) is 4.39 Å². The fourth-order valence-electron chi connectivity index (χ4n) is 2.61. The van der Waals surface area contributed by atoms with Gasteiger partial charge in [-0.05, 0) is 38.1 Å². The molecule has 0 spiro atoms. The van der Waals surface area contributed by atoms with Gasteiger partial charge in [-0.1, -0.05) is 6.07 Å². The third-order valence-corrected chi connectivity index (χ3v) is 3.59. The van der Waals surface area contributed by atoms with E-state index in [1.807, 2.05) is 7.05 Å². The molecule has 1 saturated heterocycles. The first kappa shape index (κ1) is 14.2. The predicted octanol–water partition coefficient (Wildman–Crippen LogP) is 3.09. The van der Waals surface area contributed by atoms with E-state index in [-0.39, 0.29) is 5.82 Å². The maximum absolute atomic E-state index is 13.2. The molecule has 0 N–H and O–H groups in total. The summed E-state index contributed by atoms with van der Waals surface area (Å²) in [6.45, 7) is 2.45. The number of ether oxygens (including phenoxy) is 1. The van der Waals surface area contributed by atoms with Gasteiger partial charge < -0.3 is 9.15 Å². The van der Waals surface area contributed by atoms with Crippen LogP contribution in [-0.4, -0.2) is 36.2 Å². The molecule has 0 unspecified atom stereocenters. The van der Waals surface area contributed by atoms with E-state index >= 15 is 0 Å². The minimum absolute atomic E-state index is 0.289. The predicted molar refractivity (Wildman–Crippen MR) is 77.2 cm³/mol. The number of oxazole rings is 1. The average molecular weight is 290 g/mol. The highest BCUT2D eigenvalue weighted by Crippen LogP contribution is 2.20. The maximum atomic E-state index is 13.2. The molecule has 1 aliphatic heterocycles. The lowest BCUT2D eigenvalue weighted by atomic mass is 10.2. The Labute approximate surface area is 123 Å². The van der Waals surface area contributed by atoms with E-state index in [0.717, 1.165) is 31.7 Å². The molecule has 1 aromatic heterocycles. The summed E-state index contributed by atoms with van der Waals surface area (Å²) in [7, 11) is 2.04. The summed E-state index contributed by atoms with van der Waals surface area (Å²) >= 11 is 0. The number of halogens is 1. The Morgan fingerprint density at radius 1 is 1.43 bits per heavy atom. The van der Waals surface area contributed by atoms with Crippen LogP contribution in [0.2, 0.25) is 0 Å². The van der Waals surface area contributed by atoms with Gasteiger partial charge in [0, 0.05) is 25.3 Å². The lowest BCUT2D eigenvalue weighted by Gasteiger charge is -2.18. The molecule has 1 aliphatic rings. The van der Waals surface area contributed by atoms with E-state index in [4.69, 9.17) is 9.15 Å². The van der Waals surface area contributed by atoms with E-state index in [1.165, 1.54) is 12.1 Å². The number of likely N-dealkylation sites (N-methyl/N-ethyl adjacent to an activating group) is 1. The number of hydrogen-bond donors (Lipinski definition) is 0. The van der Waals surface area contributed by atoms with Crippen LogP contribution < -0.4 is 0 Å². The Morgan fingerprint density at radius 3 is 3.10 bits per heavy atom. The van der Waals surface area contributed by atoms with Gasteiger partial charge >= 0.3 is 0 Å². The van der Waals surface area contributed by atoms with Gasteiger partial charge in [-0.25, -0.2) is 9.37 Å². The van der Waals surface area contributed by atoms with Crippen molar-refractivity contribution in [2.45, 2.75) is 25.5 Å². The van der Waals surface area contributed by atoms with Gasteiger partial charge in [0.05, 0.1) is 11.8 Å². The molecular weight excluding hydrogens is 271 g/mol. The van der Waals surface area contributed by atoms with Gasteiger partial charge in [-0.3, -0.25) is 4.90 Å². The Hall–Kier alpha value is -1.72. The summed E-state index contributed by atoms with van der Waals surface area (Å²) in [6, 6.07) is 6.27. The highest BCUT2D eigenvalue weighted by Gasteiger charge is 2.18. The van der Waals surface area contributed by atoms with Crippen LogP contribution in [0.3, 0.4) is 0 Å². The lowest BCUT2D eigenvalue weighted by molar-refractivity contribution is 0.0790. The topological polar surface area (TPSA) is 38.5 Å². The Bertz CT molecular complexity index is 593.